The van der Waals surface area contributed by atoms with Crippen molar-refractivity contribution in [3.05, 3.63) is 11.9 Å². The standard InChI is InChI=1S/C8H13FN4/c9-13-3-1-7(2-4-13)5-8-6-10-12-11-8/h6-7H,1-5H2,(H,10,11,12). The lowest BCUT2D eigenvalue weighted by atomic mass is 9.93. The maximum atomic E-state index is 12.6. The summed E-state index contributed by atoms with van der Waals surface area (Å²) in [4.78, 5) is 0. The zero-order chi connectivity index (χ0) is 9.10. The number of halogens is 1. The first-order chi connectivity index (χ1) is 6.34. The van der Waals surface area contributed by atoms with E-state index in [1.165, 1.54) is 0 Å². The highest BCUT2D eigenvalue weighted by Gasteiger charge is 2.19. The minimum atomic E-state index is 0.558. The normalized spacial score (nSPS) is 20.7. The van der Waals surface area contributed by atoms with E-state index in [1.807, 2.05) is 0 Å². The van der Waals surface area contributed by atoms with Crippen LogP contribution in [0.2, 0.25) is 0 Å². The number of hydrogen-bond acceptors (Lipinski definition) is 3. The third-order valence-corrected chi connectivity index (χ3v) is 2.52. The van der Waals surface area contributed by atoms with Gasteiger partial charge in [0.2, 0.25) is 0 Å². The van der Waals surface area contributed by atoms with Gasteiger partial charge in [0.1, 0.15) is 0 Å². The van der Waals surface area contributed by atoms with E-state index >= 15 is 0 Å². The van der Waals surface area contributed by atoms with Crippen molar-refractivity contribution in [3.63, 3.8) is 0 Å². The van der Waals surface area contributed by atoms with Gasteiger partial charge in [-0.1, -0.05) is 0 Å². The first-order valence-electron chi connectivity index (χ1n) is 4.60. The fourth-order valence-corrected chi connectivity index (χ4v) is 1.73. The number of piperidine rings is 1. The first-order valence-corrected chi connectivity index (χ1v) is 4.60. The third kappa shape index (κ3) is 2.24. The van der Waals surface area contributed by atoms with Crippen LogP contribution in [0.3, 0.4) is 0 Å². The molecular weight excluding hydrogens is 171 g/mol. The number of aromatic amines is 1. The highest BCUT2D eigenvalue weighted by molar-refractivity contribution is 4.93. The third-order valence-electron chi connectivity index (χ3n) is 2.52. The topological polar surface area (TPSA) is 44.8 Å². The molecular formula is C8H13FN4. The summed E-state index contributed by atoms with van der Waals surface area (Å²) in [5.41, 5.74) is 0.984. The second kappa shape index (κ2) is 3.83. The van der Waals surface area contributed by atoms with Crippen LogP contribution >= 0.6 is 0 Å². The van der Waals surface area contributed by atoms with E-state index in [-0.39, 0.29) is 0 Å². The Morgan fingerprint density at radius 2 is 2.31 bits per heavy atom. The molecule has 0 atom stereocenters. The lowest BCUT2D eigenvalue weighted by Crippen LogP contribution is -2.28. The van der Waals surface area contributed by atoms with Crippen LogP contribution < -0.4 is 0 Å². The van der Waals surface area contributed by atoms with Crippen molar-refractivity contribution in [1.29, 1.82) is 0 Å². The van der Waals surface area contributed by atoms with E-state index in [0.717, 1.165) is 30.1 Å². The van der Waals surface area contributed by atoms with Gasteiger partial charge in [-0.15, -0.1) is 9.60 Å². The van der Waals surface area contributed by atoms with Crippen molar-refractivity contribution in [3.8, 4) is 0 Å². The Morgan fingerprint density at radius 1 is 1.54 bits per heavy atom. The zero-order valence-corrected chi connectivity index (χ0v) is 7.41. The first kappa shape index (κ1) is 8.62. The quantitative estimate of drug-likeness (QED) is 0.696. The second-order valence-electron chi connectivity index (χ2n) is 3.52. The molecule has 1 fully saturated rings. The Labute approximate surface area is 76.1 Å². The Balaban J connectivity index is 1.83. The van der Waals surface area contributed by atoms with Gasteiger partial charge in [0.05, 0.1) is 11.9 Å². The fourth-order valence-electron chi connectivity index (χ4n) is 1.73. The summed E-state index contributed by atoms with van der Waals surface area (Å²) < 4.78 is 12.6. The van der Waals surface area contributed by atoms with E-state index in [2.05, 4.69) is 15.4 Å². The van der Waals surface area contributed by atoms with Gasteiger partial charge >= 0.3 is 0 Å². The van der Waals surface area contributed by atoms with Crippen LogP contribution in [0, 0.1) is 5.92 Å². The van der Waals surface area contributed by atoms with Gasteiger partial charge in [-0.25, -0.2) is 0 Å². The summed E-state index contributed by atoms with van der Waals surface area (Å²) in [5.74, 6) is 0.567. The van der Waals surface area contributed by atoms with Gasteiger partial charge in [0, 0.05) is 13.1 Å². The van der Waals surface area contributed by atoms with Crippen LogP contribution in [-0.4, -0.2) is 33.6 Å². The molecule has 2 heterocycles. The molecule has 0 bridgehead atoms. The van der Waals surface area contributed by atoms with Crippen molar-refractivity contribution in [2.45, 2.75) is 19.3 Å². The molecule has 1 N–H and O–H groups in total. The molecule has 0 saturated carbocycles. The van der Waals surface area contributed by atoms with E-state index in [0.29, 0.717) is 19.0 Å². The summed E-state index contributed by atoms with van der Waals surface area (Å²) in [6, 6.07) is 0. The molecule has 2 rings (SSSR count). The largest absolute Gasteiger partial charge is 0.198 e. The lowest BCUT2D eigenvalue weighted by Gasteiger charge is -2.24. The van der Waals surface area contributed by atoms with Crippen LogP contribution in [0.25, 0.3) is 0 Å². The summed E-state index contributed by atoms with van der Waals surface area (Å²) >= 11 is 0. The van der Waals surface area contributed by atoms with Crippen LogP contribution in [0.15, 0.2) is 6.20 Å². The van der Waals surface area contributed by atoms with Crippen molar-refractivity contribution >= 4 is 0 Å². The van der Waals surface area contributed by atoms with Gasteiger partial charge in [-0.3, -0.25) is 0 Å². The maximum Gasteiger partial charge on any atom is 0.0827 e. The molecule has 5 heteroatoms. The molecule has 0 aliphatic carbocycles. The molecule has 0 unspecified atom stereocenters. The molecule has 0 radical (unpaired) electrons. The summed E-state index contributed by atoms with van der Waals surface area (Å²) in [7, 11) is 0. The number of nitrogens with one attached hydrogen (secondary N) is 1. The molecule has 0 aromatic carbocycles. The zero-order valence-electron chi connectivity index (χ0n) is 7.41. The monoisotopic (exact) mass is 184 g/mol. The van der Waals surface area contributed by atoms with Crippen molar-refractivity contribution in [2.24, 2.45) is 5.92 Å². The molecule has 1 aromatic heterocycles. The fraction of sp³-hybridized carbons (Fsp3) is 0.750. The van der Waals surface area contributed by atoms with Gasteiger partial charge in [-0.05, 0) is 25.2 Å². The number of hydrogen-bond donors (Lipinski definition) is 1. The average molecular weight is 184 g/mol. The smallest absolute Gasteiger partial charge is 0.0827 e. The lowest BCUT2D eigenvalue weighted by molar-refractivity contribution is -0.00864. The summed E-state index contributed by atoms with van der Waals surface area (Å²) in [6.07, 6.45) is 4.50. The Hall–Kier alpha value is -0.970. The van der Waals surface area contributed by atoms with Gasteiger partial charge < -0.3 is 0 Å². The van der Waals surface area contributed by atoms with E-state index in [9.17, 15) is 4.48 Å². The van der Waals surface area contributed by atoms with Crippen molar-refractivity contribution in [2.75, 3.05) is 13.1 Å². The number of rotatable bonds is 2. The average Bonchev–Trinajstić information content (AvgIpc) is 2.62. The number of aromatic nitrogens is 3. The Kier molecular flexibility index (Phi) is 2.54. The van der Waals surface area contributed by atoms with Gasteiger partial charge in [0.25, 0.3) is 0 Å². The highest BCUT2D eigenvalue weighted by Crippen LogP contribution is 2.20. The van der Waals surface area contributed by atoms with E-state index in [4.69, 9.17) is 0 Å². The maximum absolute atomic E-state index is 12.6. The molecule has 0 spiro atoms. The molecule has 1 aliphatic heterocycles. The van der Waals surface area contributed by atoms with Crippen LogP contribution in [0.5, 0.6) is 0 Å². The van der Waals surface area contributed by atoms with Crippen LogP contribution in [0.4, 0.5) is 4.48 Å². The van der Waals surface area contributed by atoms with E-state index in [1.54, 1.807) is 6.20 Å². The Morgan fingerprint density at radius 3 is 2.92 bits per heavy atom. The summed E-state index contributed by atoms with van der Waals surface area (Å²) in [5, 5.41) is 11.2. The molecule has 1 aromatic rings. The minimum absolute atomic E-state index is 0.558. The minimum Gasteiger partial charge on any atom is -0.198 e. The second-order valence-corrected chi connectivity index (χ2v) is 3.52. The number of H-pyrrole nitrogens is 1. The molecule has 72 valence electrons. The molecule has 1 saturated heterocycles. The molecule has 1 aliphatic rings. The highest BCUT2D eigenvalue weighted by atomic mass is 19.2. The van der Waals surface area contributed by atoms with E-state index < -0.39 is 0 Å². The Bertz CT molecular complexity index is 241. The van der Waals surface area contributed by atoms with Gasteiger partial charge in [0.15, 0.2) is 0 Å². The van der Waals surface area contributed by atoms with Crippen LogP contribution in [-0.2, 0) is 6.42 Å². The predicted octanol–water partition coefficient (Wildman–Crippen LogP) is 0.944. The molecule has 4 nitrogen and oxygen atoms in total. The van der Waals surface area contributed by atoms with Crippen molar-refractivity contribution in [1.82, 2.24) is 20.5 Å². The molecule has 0 amide bonds. The number of nitrogens with zero attached hydrogens (tertiary/aromatic N) is 3. The van der Waals surface area contributed by atoms with Crippen LogP contribution in [0.1, 0.15) is 18.5 Å². The summed E-state index contributed by atoms with van der Waals surface area (Å²) in [6.45, 7) is 1.12. The van der Waals surface area contributed by atoms with Crippen molar-refractivity contribution < 1.29 is 4.48 Å². The SMILES string of the molecule is FN1CCC(Cc2cn[nH]n2)CC1. The predicted molar refractivity (Wildman–Crippen MR) is 45.5 cm³/mol. The molecule has 13 heavy (non-hydrogen) atoms. The van der Waals surface area contributed by atoms with Gasteiger partial charge in [-0.2, -0.15) is 15.4 Å².